The maximum atomic E-state index is 12.1. The number of nitrogens with zero attached hydrogens (tertiary/aromatic N) is 2. The van der Waals surface area contributed by atoms with E-state index in [1.807, 2.05) is 27.7 Å². The molecule has 108 valence electrons. The van der Waals surface area contributed by atoms with Crippen LogP contribution in [0.1, 0.15) is 33.3 Å². The lowest BCUT2D eigenvalue weighted by Gasteiger charge is -2.29. The van der Waals surface area contributed by atoms with E-state index in [4.69, 9.17) is 0 Å². The number of carbonyl (C=O) groups excluding carboxylic acids is 1. The summed E-state index contributed by atoms with van der Waals surface area (Å²) in [5, 5.41) is 10.5. The molecule has 0 saturated heterocycles. The third-order valence-corrected chi connectivity index (χ3v) is 2.89. The van der Waals surface area contributed by atoms with Gasteiger partial charge in [0.25, 0.3) is 5.69 Å². The molecule has 0 heterocycles. The zero-order valence-corrected chi connectivity index (χ0v) is 12.2. The average Bonchev–Trinajstić information content (AvgIpc) is 2.36. The van der Waals surface area contributed by atoms with Crippen LogP contribution in [0, 0.1) is 10.1 Å². The number of rotatable bonds is 5. The van der Waals surface area contributed by atoms with Gasteiger partial charge in [-0.25, -0.2) is 0 Å². The summed E-state index contributed by atoms with van der Waals surface area (Å²) < 4.78 is 0. The van der Waals surface area contributed by atoms with E-state index in [0.29, 0.717) is 0 Å². The molecule has 20 heavy (non-hydrogen) atoms. The van der Waals surface area contributed by atoms with E-state index in [1.165, 1.54) is 18.2 Å². The van der Waals surface area contributed by atoms with Crippen molar-refractivity contribution in [1.82, 2.24) is 4.90 Å². The minimum absolute atomic E-state index is 0.0412. The van der Waals surface area contributed by atoms with E-state index in [2.05, 4.69) is 0 Å². The molecule has 0 atom stereocenters. The van der Waals surface area contributed by atoms with Crippen LogP contribution in [-0.2, 0) is 4.79 Å². The molecule has 0 radical (unpaired) electrons. The normalized spacial score (nSPS) is 11.3. The Morgan fingerprint density at radius 3 is 2.05 bits per heavy atom. The zero-order valence-electron chi connectivity index (χ0n) is 12.2. The number of hydrogen-bond donors (Lipinski definition) is 0. The van der Waals surface area contributed by atoms with Crippen LogP contribution < -0.4 is 0 Å². The van der Waals surface area contributed by atoms with E-state index in [0.717, 1.165) is 5.56 Å². The smallest absolute Gasteiger partial charge is 0.269 e. The summed E-state index contributed by atoms with van der Waals surface area (Å²) in [5.74, 6) is -0.0617. The second kappa shape index (κ2) is 6.84. The lowest BCUT2D eigenvalue weighted by atomic mass is 10.1. The number of nitro groups is 1. The Kier molecular flexibility index (Phi) is 5.43. The monoisotopic (exact) mass is 276 g/mol. The van der Waals surface area contributed by atoms with Crippen LogP contribution in [0.5, 0.6) is 0 Å². The molecule has 0 aliphatic carbocycles. The van der Waals surface area contributed by atoms with Crippen molar-refractivity contribution in [3.05, 3.63) is 46.0 Å². The summed E-state index contributed by atoms with van der Waals surface area (Å²) in [6.07, 6.45) is 3.17. The first-order valence-electron chi connectivity index (χ1n) is 6.57. The van der Waals surface area contributed by atoms with Crippen molar-refractivity contribution >= 4 is 17.7 Å². The largest absolute Gasteiger partial charge is 0.334 e. The number of amides is 1. The highest BCUT2D eigenvalue weighted by atomic mass is 16.6. The van der Waals surface area contributed by atoms with Gasteiger partial charge in [-0.1, -0.05) is 0 Å². The van der Waals surface area contributed by atoms with Crippen LogP contribution in [0.4, 0.5) is 5.69 Å². The molecule has 0 aliphatic heterocycles. The van der Waals surface area contributed by atoms with Gasteiger partial charge in [0.05, 0.1) is 4.92 Å². The second-order valence-electron chi connectivity index (χ2n) is 5.11. The molecule has 0 N–H and O–H groups in total. The van der Waals surface area contributed by atoms with E-state index in [-0.39, 0.29) is 23.7 Å². The van der Waals surface area contributed by atoms with E-state index in [1.54, 1.807) is 23.1 Å². The van der Waals surface area contributed by atoms with Gasteiger partial charge in [-0.3, -0.25) is 14.9 Å². The Balaban J connectivity index is 2.81. The molecule has 1 aromatic rings. The first kappa shape index (κ1) is 15.9. The molecule has 0 aromatic heterocycles. The highest BCUT2D eigenvalue weighted by molar-refractivity contribution is 5.92. The molecular formula is C15H20N2O3. The standard InChI is InChI=1S/C15H20N2O3/c1-11(2)16(12(3)4)15(18)10-7-13-5-8-14(9-6-13)17(19)20/h5-12H,1-4H3/b10-7+. The third kappa shape index (κ3) is 4.19. The van der Waals surface area contributed by atoms with Crippen molar-refractivity contribution in [3.8, 4) is 0 Å². The summed E-state index contributed by atoms with van der Waals surface area (Å²) in [5.41, 5.74) is 0.802. The van der Waals surface area contributed by atoms with Crippen molar-refractivity contribution in [2.24, 2.45) is 0 Å². The highest BCUT2D eigenvalue weighted by Crippen LogP contribution is 2.13. The SMILES string of the molecule is CC(C)N(C(=O)/C=C/c1ccc([N+](=O)[O-])cc1)C(C)C. The van der Waals surface area contributed by atoms with Crippen LogP contribution >= 0.6 is 0 Å². The van der Waals surface area contributed by atoms with Crippen LogP contribution in [0.2, 0.25) is 0 Å². The Morgan fingerprint density at radius 1 is 1.15 bits per heavy atom. The fourth-order valence-corrected chi connectivity index (χ4v) is 2.07. The van der Waals surface area contributed by atoms with Gasteiger partial charge in [0.15, 0.2) is 0 Å². The van der Waals surface area contributed by atoms with Crippen LogP contribution in [0.15, 0.2) is 30.3 Å². The number of benzene rings is 1. The molecule has 5 heteroatoms. The zero-order chi connectivity index (χ0) is 15.3. The number of hydrogen-bond acceptors (Lipinski definition) is 3. The maximum absolute atomic E-state index is 12.1. The fourth-order valence-electron chi connectivity index (χ4n) is 2.07. The molecule has 1 aromatic carbocycles. The topological polar surface area (TPSA) is 63.5 Å². The minimum Gasteiger partial charge on any atom is -0.334 e. The first-order chi connectivity index (χ1) is 9.32. The quantitative estimate of drug-likeness (QED) is 0.471. The Labute approximate surface area is 119 Å². The lowest BCUT2D eigenvalue weighted by molar-refractivity contribution is -0.384. The van der Waals surface area contributed by atoms with Crippen molar-refractivity contribution in [2.75, 3.05) is 0 Å². The summed E-state index contributed by atoms with van der Waals surface area (Å²) in [4.78, 5) is 24.0. The van der Waals surface area contributed by atoms with Gasteiger partial charge < -0.3 is 4.90 Å². The summed E-state index contributed by atoms with van der Waals surface area (Å²) in [6, 6.07) is 6.35. The van der Waals surface area contributed by atoms with Gasteiger partial charge in [0.2, 0.25) is 5.91 Å². The minimum atomic E-state index is -0.447. The molecular weight excluding hydrogens is 256 g/mol. The molecule has 0 spiro atoms. The van der Waals surface area contributed by atoms with Crippen molar-refractivity contribution in [3.63, 3.8) is 0 Å². The molecule has 1 rings (SSSR count). The maximum Gasteiger partial charge on any atom is 0.269 e. The predicted molar refractivity (Wildman–Crippen MR) is 79.2 cm³/mol. The van der Waals surface area contributed by atoms with Crippen molar-refractivity contribution in [1.29, 1.82) is 0 Å². The molecule has 1 amide bonds. The number of nitro benzene ring substituents is 1. The van der Waals surface area contributed by atoms with Crippen LogP contribution in [-0.4, -0.2) is 27.8 Å². The number of carbonyl (C=O) groups is 1. The average molecular weight is 276 g/mol. The summed E-state index contributed by atoms with van der Waals surface area (Å²) in [7, 11) is 0. The van der Waals surface area contributed by atoms with E-state index in [9.17, 15) is 14.9 Å². The van der Waals surface area contributed by atoms with E-state index >= 15 is 0 Å². The second-order valence-corrected chi connectivity index (χ2v) is 5.11. The fraction of sp³-hybridized carbons (Fsp3) is 0.400. The Bertz CT molecular complexity index is 496. The Morgan fingerprint density at radius 2 is 1.65 bits per heavy atom. The molecule has 0 aliphatic rings. The highest BCUT2D eigenvalue weighted by Gasteiger charge is 2.17. The Hall–Kier alpha value is -2.17. The van der Waals surface area contributed by atoms with Gasteiger partial charge in [0, 0.05) is 30.3 Å². The van der Waals surface area contributed by atoms with Crippen LogP contribution in [0.25, 0.3) is 6.08 Å². The lowest BCUT2D eigenvalue weighted by Crippen LogP contribution is -2.41. The van der Waals surface area contributed by atoms with Crippen molar-refractivity contribution < 1.29 is 9.72 Å². The van der Waals surface area contributed by atoms with E-state index < -0.39 is 4.92 Å². The van der Waals surface area contributed by atoms with Gasteiger partial charge in [-0.15, -0.1) is 0 Å². The predicted octanol–water partition coefficient (Wildman–Crippen LogP) is 3.25. The van der Waals surface area contributed by atoms with Gasteiger partial charge >= 0.3 is 0 Å². The molecule has 0 saturated carbocycles. The number of non-ortho nitro benzene ring substituents is 1. The first-order valence-corrected chi connectivity index (χ1v) is 6.57. The molecule has 0 fully saturated rings. The van der Waals surface area contributed by atoms with Gasteiger partial charge in [-0.05, 0) is 51.5 Å². The van der Waals surface area contributed by atoms with Crippen molar-refractivity contribution in [2.45, 2.75) is 39.8 Å². The van der Waals surface area contributed by atoms with Crippen LogP contribution in [0.3, 0.4) is 0 Å². The third-order valence-electron chi connectivity index (χ3n) is 2.89. The molecule has 0 unspecified atom stereocenters. The molecule has 0 bridgehead atoms. The summed E-state index contributed by atoms with van der Waals surface area (Å²) in [6.45, 7) is 7.88. The van der Waals surface area contributed by atoms with Gasteiger partial charge in [-0.2, -0.15) is 0 Å². The van der Waals surface area contributed by atoms with Gasteiger partial charge in [0.1, 0.15) is 0 Å². The summed E-state index contributed by atoms with van der Waals surface area (Å²) >= 11 is 0. The molecule has 5 nitrogen and oxygen atoms in total.